The van der Waals surface area contributed by atoms with Crippen LogP contribution in [0.1, 0.15) is 57.1 Å². The third-order valence-electron chi connectivity index (χ3n) is 5.31. The summed E-state index contributed by atoms with van der Waals surface area (Å²) in [4.78, 5) is 37.9. The molecule has 1 aromatic carbocycles. The van der Waals surface area contributed by atoms with Gasteiger partial charge in [-0.15, -0.1) is 0 Å². The molecule has 0 unspecified atom stereocenters. The number of hydrogen-bond donors (Lipinski definition) is 2. The summed E-state index contributed by atoms with van der Waals surface area (Å²) < 4.78 is 26.3. The number of rotatable bonds is 6. The third-order valence-corrected chi connectivity index (χ3v) is 5.31. The predicted molar refractivity (Wildman–Crippen MR) is 93.6 cm³/mol. The van der Waals surface area contributed by atoms with E-state index < -0.39 is 29.2 Å². The summed E-state index contributed by atoms with van der Waals surface area (Å²) in [5.41, 5.74) is -0.278. The standard InChI is InChI=1S/C19H23F2N3O3/c1-12(13-6-7-14(20)15(21)11-13)22-16(25)5-4-10-24-17(26)19(23-18(24)27)8-2-3-9-19/h6-7,11-12H,2-5,8-10H2,1H3,(H,22,25)(H,23,27)/t12-/m0/s1. The van der Waals surface area contributed by atoms with Gasteiger partial charge in [0, 0.05) is 13.0 Å². The van der Waals surface area contributed by atoms with Crippen molar-refractivity contribution in [2.24, 2.45) is 0 Å². The molecule has 1 heterocycles. The molecule has 1 aliphatic heterocycles. The molecule has 2 aliphatic rings. The number of nitrogens with one attached hydrogen (secondary N) is 2. The van der Waals surface area contributed by atoms with Crippen LogP contribution in [0.3, 0.4) is 0 Å². The topological polar surface area (TPSA) is 78.5 Å². The van der Waals surface area contributed by atoms with Crippen molar-refractivity contribution >= 4 is 17.8 Å². The minimum Gasteiger partial charge on any atom is -0.350 e. The predicted octanol–water partition coefficient (Wildman–Crippen LogP) is 2.79. The van der Waals surface area contributed by atoms with Crippen molar-refractivity contribution in [3.05, 3.63) is 35.4 Å². The van der Waals surface area contributed by atoms with Gasteiger partial charge in [0.1, 0.15) is 5.54 Å². The van der Waals surface area contributed by atoms with Crippen molar-refractivity contribution in [3.8, 4) is 0 Å². The number of hydrogen-bond acceptors (Lipinski definition) is 3. The Morgan fingerprint density at radius 3 is 2.63 bits per heavy atom. The molecule has 146 valence electrons. The van der Waals surface area contributed by atoms with E-state index in [4.69, 9.17) is 0 Å². The van der Waals surface area contributed by atoms with Gasteiger partial charge in [-0.2, -0.15) is 0 Å². The van der Waals surface area contributed by atoms with Gasteiger partial charge >= 0.3 is 6.03 Å². The fourth-order valence-corrected chi connectivity index (χ4v) is 3.77. The zero-order valence-electron chi connectivity index (χ0n) is 15.2. The van der Waals surface area contributed by atoms with Crippen LogP contribution in [0.25, 0.3) is 0 Å². The van der Waals surface area contributed by atoms with Crippen molar-refractivity contribution in [1.29, 1.82) is 0 Å². The van der Waals surface area contributed by atoms with Crippen LogP contribution in [0.5, 0.6) is 0 Å². The first-order valence-electron chi connectivity index (χ1n) is 9.21. The van der Waals surface area contributed by atoms with E-state index in [1.807, 2.05) is 0 Å². The normalized spacial score (nSPS) is 19.4. The Morgan fingerprint density at radius 1 is 1.26 bits per heavy atom. The summed E-state index contributed by atoms with van der Waals surface area (Å²) in [6, 6.07) is 2.61. The van der Waals surface area contributed by atoms with Crippen LogP contribution in [0, 0.1) is 11.6 Å². The quantitative estimate of drug-likeness (QED) is 0.746. The SMILES string of the molecule is C[C@H](NC(=O)CCCN1C(=O)NC2(CCCC2)C1=O)c1ccc(F)c(F)c1. The van der Waals surface area contributed by atoms with E-state index in [0.29, 0.717) is 24.8 Å². The molecule has 1 atom stereocenters. The maximum atomic E-state index is 13.3. The number of imide groups is 1. The third kappa shape index (κ3) is 3.94. The Kier molecular flexibility index (Phi) is 5.43. The number of halogens is 2. The van der Waals surface area contributed by atoms with E-state index in [2.05, 4.69) is 10.6 Å². The number of carbonyl (C=O) groups is 3. The number of amides is 4. The van der Waals surface area contributed by atoms with Gasteiger partial charge < -0.3 is 10.6 Å². The molecule has 0 aromatic heterocycles. The fourth-order valence-electron chi connectivity index (χ4n) is 3.77. The zero-order valence-corrected chi connectivity index (χ0v) is 15.2. The van der Waals surface area contributed by atoms with Crippen molar-refractivity contribution < 1.29 is 23.2 Å². The molecule has 27 heavy (non-hydrogen) atoms. The van der Waals surface area contributed by atoms with Crippen LogP contribution in [-0.2, 0) is 9.59 Å². The molecule has 1 aromatic rings. The lowest BCUT2D eigenvalue weighted by Crippen LogP contribution is -2.44. The Balaban J connectivity index is 1.47. The van der Waals surface area contributed by atoms with E-state index in [-0.39, 0.29) is 24.8 Å². The second-order valence-electron chi connectivity index (χ2n) is 7.24. The molecule has 8 heteroatoms. The molecule has 6 nitrogen and oxygen atoms in total. The second kappa shape index (κ2) is 7.62. The van der Waals surface area contributed by atoms with Gasteiger partial charge in [0.2, 0.25) is 5.91 Å². The highest BCUT2D eigenvalue weighted by molar-refractivity contribution is 6.07. The molecule has 4 amide bonds. The zero-order chi connectivity index (χ0) is 19.6. The molecule has 0 radical (unpaired) electrons. The van der Waals surface area contributed by atoms with E-state index in [1.165, 1.54) is 11.0 Å². The number of nitrogens with zero attached hydrogens (tertiary/aromatic N) is 1. The largest absolute Gasteiger partial charge is 0.350 e. The van der Waals surface area contributed by atoms with Crippen molar-refractivity contribution in [2.75, 3.05) is 6.54 Å². The Morgan fingerprint density at radius 2 is 1.96 bits per heavy atom. The van der Waals surface area contributed by atoms with Gasteiger partial charge in [-0.1, -0.05) is 18.9 Å². The lowest BCUT2D eigenvalue weighted by atomic mass is 9.98. The lowest BCUT2D eigenvalue weighted by Gasteiger charge is -2.20. The van der Waals surface area contributed by atoms with Gasteiger partial charge in [-0.3, -0.25) is 14.5 Å². The summed E-state index contributed by atoms with van der Waals surface area (Å²) in [7, 11) is 0. The van der Waals surface area contributed by atoms with Crippen LogP contribution < -0.4 is 10.6 Å². The summed E-state index contributed by atoms with van der Waals surface area (Å²) in [6.45, 7) is 1.85. The minimum absolute atomic E-state index is 0.123. The van der Waals surface area contributed by atoms with E-state index in [0.717, 1.165) is 25.0 Å². The number of urea groups is 1. The lowest BCUT2D eigenvalue weighted by molar-refractivity contribution is -0.131. The molecular weight excluding hydrogens is 356 g/mol. The molecule has 2 fully saturated rings. The van der Waals surface area contributed by atoms with Gasteiger partial charge in [-0.25, -0.2) is 13.6 Å². The van der Waals surface area contributed by atoms with Crippen molar-refractivity contribution in [3.63, 3.8) is 0 Å². The fraction of sp³-hybridized carbons (Fsp3) is 0.526. The molecule has 1 aliphatic carbocycles. The monoisotopic (exact) mass is 379 g/mol. The minimum atomic E-state index is -0.965. The molecule has 1 saturated heterocycles. The first-order valence-corrected chi connectivity index (χ1v) is 9.21. The van der Waals surface area contributed by atoms with Crippen molar-refractivity contribution in [2.45, 2.75) is 57.0 Å². The maximum Gasteiger partial charge on any atom is 0.325 e. The van der Waals surface area contributed by atoms with Gasteiger partial charge in [0.05, 0.1) is 6.04 Å². The Bertz CT molecular complexity index is 763. The average Bonchev–Trinajstić information content (AvgIpc) is 3.17. The molecule has 1 spiro atoms. The number of benzene rings is 1. The molecule has 2 N–H and O–H groups in total. The van der Waals surface area contributed by atoms with Crippen LogP contribution in [0.2, 0.25) is 0 Å². The van der Waals surface area contributed by atoms with E-state index in [9.17, 15) is 23.2 Å². The highest BCUT2D eigenvalue weighted by atomic mass is 19.2. The van der Waals surface area contributed by atoms with Gasteiger partial charge in [0.15, 0.2) is 11.6 Å². The highest BCUT2D eigenvalue weighted by Gasteiger charge is 2.52. The van der Waals surface area contributed by atoms with Crippen LogP contribution in [0.4, 0.5) is 13.6 Å². The van der Waals surface area contributed by atoms with Crippen LogP contribution in [0.15, 0.2) is 18.2 Å². The van der Waals surface area contributed by atoms with E-state index >= 15 is 0 Å². The molecular formula is C19H23F2N3O3. The summed E-state index contributed by atoms with van der Waals surface area (Å²) >= 11 is 0. The summed E-state index contributed by atoms with van der Waals surface area (Å²) in [6.07, 6.45) is 3.64. The van der Waals surface area contributed by atoms with Crippen LogP contribution >= 0.6 is 0 Å². The van der Waals surface area contributed by atoms with Gasteiger partial charge in [0.25, 0.3) is 5.91 Å². The molecule has 1 saturated carbocycles. The summed E-state index contributed by atoms with van der Waals surface area (Å²) in [5, 5.41) is 5.51. The summed E-state index contributed by atoms with van der Waals surface area (Å²) in [5.74, 6) is -2.38. The molecule has 0 bridgehead atoms. The number of carbonyl (C=O) groups excluding carboxylic acids is 3. The Labute approximate surface area is 156 Å². The van der Waals surface area contributed by atoms with Crippen LogP contribution in [-0.4, -0.2) is 34.8 Å². The first-order chi connectivity index (χ1) is 12.8. The first kappa shape index (κ1) is 19.3. The molecule has 3 rings (SSSR count). The average molecular weight is 379 g/mol. The van der Waals surface area contributed by atoms with Gasteiger partial charge in [-0.05, 0) is 43.9 Å². The maximum absolute atomic E-state index is 13.3. The van der Waals surface area contributed by atoms with Crippen molar-refractivity contribution in [1.82, 2.24) is 15.5 Å². The smallest absolute Gasteiger partial charge is 0.325 e. The van der Waals surface area contributed by atoms with E-state index in [1.54, 1.807) is 6.92 Å². The second-order valence-corrected chi connectivity index (χ2v) is 7.24. The Hall–Kier alpha value is -2.51. The highest BCUT2D eigenvalue weighted by Crippen LogP contribution is 2.35.